The third kappa shape index (κ3) is 4.39. The second-order valence-electron chi connectivity index (χ2n) is 8.63. The molecule has 0 saturated carbocycles. The van der Waals surface area contributed by atoms with Crippen LogP contribution in [-0.2, 0) is 6.54 Å². The van der Waals surface area contributed by atoms with Gasteiger partial charge in [-0.2, -0.15) is 5.10 Å². The highest BCUT2D eigenvalue weighted by Gasteiger charge is 2.24. The van der Waals surface area contributed by atoms with Crippen molar-refractivity contribution in [2.24, 2.45) is 0 Å². The number of nitrogen functional groups attached to an aromatic ring is 1. The average molecular weight is 476 g/mol. The third-order valence-electron chi connectivity index (χ3n) is 6.39. The van der Waals surface area contributed by atoms with Crippen LogP contribution in [0.1, 0.15) is 11.3 Å². The number of nitrogens with zero attached hydrogens (tertiary/aromatic N) is 4. The standard InChI is InChI=1S/C27H27ClFN5/c1-19-11-12-21(17-22(19)28)34-27(30)26(20-7-3-2-4-8-20)24(31-34)18-32-13-15-33(16-14-32)25-10-6-5-9-23(25)29/h2-12,17H,13-16,18,30H2,1H3. The molecule has 0 aliphatic carbocycles. The van der Waals surface area contributed by atoms with Gasteiger partial charge in [0.2, 0.25) is 0 Å². The second kappa shape index (κ2) is 9.49. The van der Waals surface area contributed by atoms with Gasteiger partial charge in [-0.15, -0.1) is 0 Å². The van der Waals surface area contributed by atoms with E-state index in [1.807, 2.05) is 55.5 Å². The van der Waals surface area contributed by atoms with Crippen molar-refractivity contribution in [2.45, 2.75) is 13.5 Å². The van der Waals surface area contributed by atoms with E-state index in [-0.39, 0.29) is 5.82 Å². The monoisotopic (exact) mass is 475 g/mol. The van der Waals surface area contributed by atoms with Gasteiger partial charge in [-0.3, -0.25) is 4.90 Å². The molecule has 0 unspecified atom stereocenters. The quantitative estimate of drug-likeness (QED) is 0.411. The highest BCUT2D eigenvalue weighted by Crippen LogP contribution is 2.33. The van der Waals surface area contributed by atoms with E-state index in [4.69, 9.17) is 22.4 Å². The first-order chi connectivity index (χ1) is 16.5. The molecule has 4 aromatic rings. The number of rotatable bonds is 5. The number of aromatic nitrogens is 2. The predicted octanol–water partition coefficient (Wildman–Crippen LogP) is 5.54. The lowest BCUT2D eigenvalue weighted by Gasteiger charge is -2.36. The molecule has 2 heterocycles. The van der Waals surface area contributed by atoms with E-state index in [1.54, 1.807) is 10.7 Å². The van der Waals surface area contributed by atoms with Gasteiger partial charge in [0.15, 0.2) is 0 Å². The van der Waals surface area contributed by atoms with Crippen molar-refractivity contribution in [3.63, 3.8) is 0 Å². The molecule has 2 N–H and O–H groups in total. The summed E-state index contributed by atoms with van der Waals surface area (Å²) in [6.45, 7) is 5.76. The summed E-state index contributed by atoms with van der Waals surface area (Å²) >= 11 is 6.39. The number of hydrogen-bond donors (Lipinski definition) is 1. The molecule has 1 aliphatic rings. The van der Waals surface area contributed by atoms with Crippen LogP contribution in [0.5, 0.6) is 0 Å². The fourth-order valence-corrected chi connectivity index (χ4v) is 4.66. The molecule has 1 aromatic heterocycles. The molecular weight excluding hydrogens is 449 g/mol. The fourth-order valence-electron chi connectivity index (χ4n) is 4.49. The van der Waals surface area contributed by atoms with Crippen molar-refractivity contribution >= 4 is 23.1 Å². The zero-order valence-electron chi connectivity index (χ0n) is 19.1. The summed E-state index contributed by atoms with van der Waals surface area (Å²) in [5, 5.41) is 5.61. The lowest BCUT2D eigenvalue weighted by atomic mass is 10.0. The van der Waals surface area contributed by atoms with Gasteiger partial charge in [-0.25, -0.2) is 9.07 Å². The van der Waals surface area contributed by atoms with E-state index in [1.165, 1.54) is 6.07 Å². The molecule has 1 aliphatic heterocycles. The molecule has 0 bridgehead atoms. The number of benzene rings is 3. The van der Waals surface area contributed by atoms with Crippen LogP contribution in [0.3, 0.4) is 0 Å². The average Bonchev–Trinajstić information content (AvgIpc) is 3.18. The highest BCUT2D eigenvalue weighted by molar-refractivity contribution is 6.31. The van der Waals surface area contributed by atoms with Gasteiger partial charge in [0.25, 0.3) is 0 Å². The van der Waals surface area contributed by atoms with Crippen LogP contribution in [0, 0.1) is 12.7 Å². The minimum absolute atomic E-state index is 0.175. The Morgan fingerprint density at radius 3 is 2.35 bits per heavy atom. The first-order valence-corrected chi connectivity index (χ1v) is 11.8. The van der Waals surface area contributed by atoms with Crippen LogP contribution in [-0.4, -0.2) is 40.9 Å². The summed E-state index contributed by atoms with van der Waals surface area (Å²) in [4.78, 5) is 4.45. The molecule has 1 saturated heterocycles. The number of para-hydroxylation sites is 1. The molecule has 0 atom stereocenters. The summed E-state index contributed by atoms with van der Waals surface area (Å²) in [5.74, 6) is 0.414. The minimum atomic E-state index is -0.175. The topological polar surface area (TPSA) is 50.3 Å². The lowest BCUT2D eigenvalue weighted by molar-refractivity contribution is 0.246. The van der Waals surface area contributed by atoms with Crippen LogP contribution >= 0.6 is 11.6 Å². The Bertz CT molecular complexity index is 1300. The van der Waals surface area contributed by atoms with Gasteiger partial charge >= 0.3 is 0 Å². The van der Waals surface area contributed by atoms with Crippen molar-refractivity contribution in [3.8, 4) is 16.8 Å². The smallest absolute Gasteiger partial charge is 0.146 e. The summed E-state index contributed by atoms with van der Waals surface area (Å²) in [5.41, 5.74) is 12.1. The SMILES string of the molecule is Cc1ccc(-n2nc(CN3CCN(c4ccccc4F)CC3)c(-c3ccccc3)c2N)cc1Cl. The van der Waals surface area contributed by atoms with Crippen LogP contribution in [0.15, 0.2) is 72.8 Å². The summed E-state index contributed by atoms with van der Waals surface area (Å²) < 4.78 is 16.0. The first-order valence-electron chi connectivity index (χ1n) is 11.4. The third-order valence-corrected chi connectivity index (χ3v) is 6.80. The second-order valence-corrected chi connectivity index (χ2v) is 9.04. The van der Waals surface area contributed by atoms with Crippen LogP contribution < -0.4 is 10.6 Å². The van der Waals surface area contributed by atoms with Crippen LogP contribution in [0.4, 0.5) is 15.9 Å². The summed E-state index contributed by atoms with van der Waals surface area (Å²) in [7, 11) is 0. The number of hydrogen-bond acceptors (Lipinski definition) is 4. The Labute approximate surface area is 204 Å². The van der Waals surface area contributed by atoms with E-state index < -0.39 is 0 Å². The van der Waals surface area contributed by atoms with Gasteiger partial charge in [0.05, 0.1) is 17.1 Å². The normalized spacial score (nSPS) is 14.5. The van der Waals surface area contributed by atoms with Crippen LogP contribution in [0.25, 0.3) is 16.8 Å². The van der Waals surface area contributed by atoms with Crippen LogP contribution in [0.2, 0.25) is 5.02 Å². The summed E-state index contributed by atoms with van der Waals surface area (Å²) in [6, 6.07) is 22.9. The zero-order valence-corrected chi connectivity index (χ0v) is 19.8. The fraction of sp³-hybridized carbons (Fsp3) is 0.222. The highest BCUT2D eigenvalue weighted by atomic mass is 35.5. The molecule has 34 heavy (non-hydrogen) atoms. The molecule has 3 aromatic carbocycles. The Morgan fingerprint density at radius 1 is 0.941 bits per heavy atom. The molecule has 0 spiro atoms. The van der Waals surface area contributed by atoms with Gasteiger partial charge in [-0.1, -0.05) is 60.1 Å². The molecule has 5 nitrogen and oxygen atoms in total. The Hall–Kier alpha value is -3.35. The zero-order chi connectivity index (χ0) is 23.7. The maximum atomic E-state index is 14.2. The maximum Gasteiger partial charge on any atom is 0.146 e. The number of aryl methyl sites for hydroxylation is 1. The maximum absolute atomic E-state index is 14.2. The van der Waals surface area contributed by atoms with Crippen molar-refractivity contribution in [1.82, 2.24) is 14.7 Å². The van der Waals surface area contributed by atoms with Crippen molar-refractivity contribution in [3.05, 3.63) is 94.9 Å². The van der Waals surface area contributed by atoms with E-state index in [0.717, 1.165) is 54.3 Å². The predicted molar refractivity (Wildman–Crippen MR) is 137 cm³/mol. The Morgan fingerprint density at radius 2 is 1.65 bits per heavy atom. The molecule has 0 radical (unpaired) electrons. The number of halogens is 2. The molecule has 5 rings (SSSR count). The molecule has 1 fully saturated rings. The summed E-state index contributed by atoms with van der Waals surface area (Å²) in [6.07, 6.45) is 0. The van der Waals surface area contributed by atoms with Crippen molar-refractivity contribution in [1.29, 1.82) is 0 Å². The molecular formula is C27H27ClFN5. The lowest BCUT2D eigenvalue weighted by Crippen LogP contribution is -2.46. The van der Waals surface area contributed by atoms with E-state index in [2.05, 4.69) is 21.9 Å². The van der Waals surface area contributed by atoms with Crippen molar-refractivity contribution < 1.29 is 4.39 Å². The number of piperazine rings is 1. The minimum Gasteiger partial charge on any atom is -0.383 e. The van der Waals surface area contributed by atoms with Gasteiger partial charge in [-0.05, 0) is 42.3 Å². The molecule has 0 amide bonds. The largest absolute Gasteiger partial charge is 0.383 e. The number of nitrogens with two attached hydrogens (primary N) is 1. The first kappa shape index (κ1) is 22.4. The Kier molecular flexibility index (Phi) is 6.26. The Balaban J connectivity index is 1.43. The van der Waals surface area contributed by atoms with Gasteiger partial charge in [0.1, 0.15) is 11.6 Å². The van der Waals surface area contributed by atoms with Gasteiger partial charge < -0.3 is 10.6 Å². The van der Waals surface area contributed by atoms with E-state index in [0.29, 0.717) is 23.1 Å². The molecule has 174 valence electrons. The number of anilines is 2. The van der Waals surface area contributed by atoms with E-state index >= 15 is 0 Å². The van der Waals surface area contributed by atoms with E-state index in [9.17, 15) is 4.39 Å². The molecule has 7 heteroatoms. The van der Waals surface area contributed by atoms with Crippen molar-refractivity contribution in [2.75, 3.05) is 36.8 Å². The van der Waals surface area contributed by atoms with Gasteiger partial charge in [0, 0.05) is 43.3 Å².